The number of nitrogens with zero attached hydrogens (tertiary/aromatic N) is 3. The number of hydrogen-bond donors (Lipinski definition) is 2. The number of carbonyl (C=O) groups excluding carboxylic acids is 7. The first-order valence-electron chi connectivity index (χ1n) is 28.1. The Hall–Kier alpha value is -4.78. The molecule has 3 rings (SSSR count). The number of carbonyl (C=O) groups is 7. The van der Waals surface area contributed by atoms with E-state index in [-0.39, 0.29) is 105 Å². The van der Waals surface area contributed by atoms with Gasteiger partial charge in [0.2, 0.25) is 17.7 Å². The summed E-state index contributed by atoms with van der Waals surface area (Å²) >= 11 is 5.88. The Morgan fingerprint density at radius 3 is 1.80 bits per heavy atom. The van der Waals surface area contributed by atoms with Gasteiger partial charge in [-0.3, -0.25) is 33.7 Å². The first kappa shape index (κ1) is 69.5. The lowest BCUT2D eigenvalue weighted by Gasteiger charge is -2.41. The second-order valence-electron chi connectivity index (χ2n) is 21.1. The van der Waals surface area contributed by atoms with Crippen molar-refractivity contribution in [2.45, 2.75) is 129 Å². The maximum Gasteiger partial charge on any atom is 0.328 e. The van der Waals surface area contributed by atoms with Crippen LogP contribution in [0.3, 0.4) is 0 Å². The monoisotopic (exact) mass is 1150 g/mol. The molecule has 0 radical (unpaired) electrons. The summed E-state index contributed by atoms with van der Waals surface area (Å²) in [6.07, 6.45) is 3.73. The van der Waals surface area contributed by atoms with E-state index in [0.29, 0.717) is 90.3 Å². The van der Waals surface area contributed by atoms with Crippen LogP contribution in [0.5, 0.6) is 0 Å². The lowest BCUT2D eigenvalue weighted by molar-refractivity contribution is -0.148. The Morgan fingerprint density at radius 1 is 0.762 bits per heavy atom. The molecule has 1 aromatic carbocycles. The lowest BCUT2D eigenvalue weighted by Crippen LogP contribution is -2.55. The maximum absolute atomic E-state index is 14.6. The number of imide groups is 1. The maximum atomic E-state index is 14.6. The third-order valence-electron chi connectivity index (χ3n) is 14.7. The predicted molar refractivity (Wildman–Crippen MR) is 303 cm³/mol. The average Bonchev–Trinajstić information content (AvgIpc) is 4.05. The minimum atomic E-state index is -1.27. The number of thiocarbonyl (C=S) groups is 1. The summed E-state index contributed by atoms with van der Waals surface area (Å²) in [4.78, 5) is 97.0. The molecule has 1 fully saturated rings. The molecule has 2 N–H and O–H groups in total. The van der Waals surface area contributed by atoms with Crippen molar-refractivity contribution >= 4 is 58.5 Å². The van der Waals surface area contributed by atoms with Gasteiger partial charge in [0.1, 0.15) is 6.04 Å². The Bertz CT molecular complexity index is 2100. The second kappa shape index (κ2) is 37.3. The molecule has 452 valence electrons. The molecule has 8 atom stereocenters. The molecule has 1 aromatic rings. The summed E-state index contributed by atoms with van der Waals surface area (Å²) in [7, 11) is 6.20. The molecule has 21 nitrogen and oxygen atoms in total. The van der Waals surface area contributed by atoms with Crippen molar-refractivity contribution < 1.29 is 76.2 Å². The molecule has 0 bridgehead atoms. The molecule has 0 saturated carbocycles. The Labute approximate surface area is 480 Å². The highest BCUT2D eigenvalue weighted by Crippen LogP contribution is 2.31. The van der Waals surface area contributed by atoms with Gasteiger partial charge >= 0.3 is 5.97 Å². The van der Waals surface area contributed by atoms with Crippen LogP contribution < -0.4 is 10.6 Å². The number of hydrogen-bond acceptors (Lipinski definition) is 17. The average molecular weight is 1150 g/mol. The highest BCUT2D eigenvalue weighted by molar-refractivity contribution is 7.80. The lowest BCUT2D eigenvalue weighted by atomic mass is 9.82. The van der Waals surface area contributed by atoms with E-state index in [9.17, 15) is 33.6 Å². The van der Waals surface area contributed by atoms with Crippen LogP contribution in [0.1, 0.15) is 92.6 Å². The van der Waals surface area contributed by atoms with Gasteiger partial charge in [-0.05, 0) is 44.1 Å². The van der Waals surface area contributed by atoms with E-state index in [1.807, 2.05) is 69.9 Å². The standard InChI is InChI=1S/C58H93N5O16S/c1-12-41(4)53(47(71-9)39-52(68)62-23-16-19-46(62)54(72-10)42(5)55(80)59-45(57(70)73-11)37-43-17-14-13-15-18-43)61(8)56(69)44(40(2)3)38-48(64)58(6,7)60-49(65)22-25-74-27-29-76-31-33-78-35-36-79-34-32-77-30-28-75-26-24-63-50(66)20-21-51(63)67/h13-15,17-18,20-21,40-42,44-47,53-54H,12,16,19,22-39H2,1-11H3,(H,59,80)(H,60,65)/t41-,42+,44-,45-,46-,47+,53-,54+/m0/s1. The number of rotatable bonds is 42. The third kappa shape index (κ3) is 23.2. The van der Waals surface area contributed by atoms with Crippen molar-refractivity contribution in [3.05, 3.63) is 48.0 Å². The smallest absolute Gasteiger partial charge is 0.328 e. The fourth-order valence-corrected chi connectivity index (χ4v) is 10.1. The van der Waals surface area contributed by atoms with Crippen LogP contribution in [-0.4, -0.2) is 218 Å². The molecule has 22 heteroatoms. The van der Waals surface area contributed by atoms with Gasteiger partial charge in [0.05, 0.1) is 134 Å². The molecule has 0 aromatic heterocycles. The van der Waals surface area contributed by atoms with Gasteiger partial charge in [0.25, 0.3) is 11.8 Å². The van der Waals surface area contributed by atoms with Crippen LogP contribution >= 0.6 is 12.2 Å². The van der Waals surface area contributed by atoms with E-state index in [0.717, 1.165) is 16.9 Å². The summed E-state index contributed by atoms with van der Waals surface area (Å²) in [6, 6.07) is 8.05. The Kier molecular flexibility index (Phi) is 32.4. The van der Waals surface area contributed by atoms with E-state index in [1.54, 1.807) is 40.0 Å². The van der Waals surface area contributed by atoms with Gasteiger partial charge in [0.15, 0.2) is 5.78 Å². The van der Waals surface area contributed by atoms with Crippen molar-refractivity contribution in [1.82, 2.24) is 25.3 Å². The fourth-order valence-electron chi connectivity index (χ4n) is 9.77. The molecule has 2 heterocycles. The van der Waals surface area contributed by atoms with Crippen molar-refractivity contribution in [2.24, 2.45) is 23.7 Å². The molecule has 0 aliphatic carbocycles. The van der Waals surface area contributed by atoms with Crippen LogP contribution in [0, 0.1) is 23.7 Å². The van der Waals surface area contributed by atoms with Crippen LogP contribution in [0.4, 0.5) is 0 Å². The fraction of sp³-hybridized carbons (Fsp3) is 0.724. The van der Waals surface area contributed by atoms with Crippen molar-refractivity contribution in [2.75, 3.05) is 121 Å². The highest BCUT2D eigenvalue weighted by atomic mass is 32.1. The van der Waals surface area contributed by atoms with Gasteiger partial charge in [0, 0.05) is 71.1 Å². The number of methoxy groups -OCH3 is 3. The Morgan fingerprint density at radius 2 is 1.30 bits per heavy atom. The Balaban J connectivity index is 1.41. The van der Waals surface area contributed by atoms with Crippen molar-refractivity contribution in [3.63, 3.8) is 0 Å². The number of ether oxygens (including phenoxy) is 9. The van der Waals surface area contributed by atoms with Crippen molar-refractivity contribution in [1.29, 1.82) is 0 Å². The van der Waals surface area contributed by atoms with Gasteiger partial charge < -0.3 is 63.1 Å². The van der Waals surface area contributed by atoms with Crippen LogP contribution in [0.25, 0.3) is 0 Å². The number of amides is 5. The van der Waals surface area contributed by atoms with E-state index in [1.165, 1.54) is 19.3 Å². The minimum absolute atomic E-state index is 0.00177. The van der Waals surface area contributed by atoms with E-state index in [4.69, 9.17) is 54.8 Å². The van der Waals surface area contributed by atoms with Gasteiger partial charge in [-0.25, -0.2) is 4.79 Å². The van der Waals surface area contributed by atoms with Gasteiger partial charge in [-0.15, -0.1) is 0 Å². The zero-order valence-corrected chi connectivity index (χ0v) is 50.2. The van der Waals surface area contributed by atoms with E-state index >= 15 is 0 Å². The largest absolute Gasteiger partial charge is 0.467 e. The molecule has 80 heavy (non-hydrogen) atoms. The van der Waals surface area contributed by atoms with Gasteiger partial charge in [-0.2, -0.15) is 0 Å². The topological polar surface area (TPSA) is 236 Å². The number of nitrogens with one attached hydrogen (secondary N) is 2. The third-order valence-corrected chi connectivity index (χ3v) is 15.2. The van der Waals surface area contributed by atoms with Crippen molar-refractivity contribution in [3.8, 4) is 0 Å². The summed E-state index contributed by atoms with van der Waals surface area (Å²) in [5, 5.41) is 6.06. The van der Waals surface area contributed by atoms with Gasteiger partial charge in [-0.1, -0.05) is 83.6 Å². The van der Waals surface area contributed by atoms with Crippen LogP contribution in [0.2, 0.25) is 0 Å². The van der Waals surface area contributed by atoms with Crippen LogP contribution in [0.15, 0.2) is 42.5 Å². The molecule has 2 aliphatic heterocycles. The molecule has 5 amide bonds. The summed E-state index contributed by atoms with van der Waals surface area (Å²) in [5.74, 6) is -3.56. The highest BCUT2D eigenvalue weighted by Gasteiger charge is 2.43. The zero-order valence-electron chi connectivity index (χ0n) is 49.4. The first-order chi connectivity index (χ1) is 38.2. The zero-order chi connectivity index (χ0) is 59.2. The SMILES string of the molecule is CC[C@H](C)[C@@H]([C@@H](CC(=O)N1CCC[C@H]1[C@H](OC)[C@@H](C)C(=S)N[C@@H](Cc1ccccc1)C(=O)OC)OC)N(C)C(=O)[C@@H](CC(=O)C(C)(C)NC(=O)CCOCCOCCOCCOCCOCCOCCN1C(=O)C=CC1=O)C(C)C. The minimum Gasteiger partial charge on any atom is -0.467 e. The van der Waals surface area contributed by atoms with Crippen LogP contribution in [-0.2, 0) is 82.6 Å². The molecular formula is C58H93N5O16S. The number of benzene rings is 1. The number of Topliss-reactive ketones (excluding diaryl/α,β-unsaturated/α-hetero) is 1. The quantitative estimate of drug-likeness (QED) is 0.0405. The molecule has 2 aliphatic rings. The molecule has 0 spiro atoms. The normalized spacial score (nSPS) is 17.2. The molecular weight excluding hydrogens is 1050 g/mol. The number of likely N-dealkylation sites (tertiary alicyclic amines) is 1. The summed E-state index contributed by atoms with van der Waals surface area (Å²) < 4.78 is 50.3. The summed E-state index contributed by atoms with van der Waals surface area (Å²) in [6.45, 7) is 17.6. The van der Waals surface area contributed by atoms with E-state index < -0.39 is 41.7 Å². The van der Waals surface area contributed by atoms with E-state index in [2.05, 4.69) is 10.6 Å². The number of esters is 1. The number of likely N-dealkylation sites (N-methyl/N-ethyl adjacent to an activating group) is 1. The molecule has 1 saturated heterocycles. The number of ketones is 1. The summed E-state index contributed by atoms with van der Waals surface area (Å²) in [5.41, 5.74) is -0.325. The molecule has 0 unspecified atom stereocenters. The predicted octanol–water partition coefficient (Wildman–Crippen LogP) is 4.15. The second-order valence-corrected chi connectivity index (χ2v) is 21.5. The first-order valence-corrected chi connectivity index (χ1v) is 28.5.